The van der Waals surface area contributed by atoms with Crippen LogP contribution in [-0.2, 0) is 12.8 Å². The molecule has 3 rings (SSSR count). The van der Waals surface area contributed by atoms with Gasteiger partial charge >= 0.3 is 0 Å². The van der Waals surface area contributed by atoms with Gasteiger partial charge in [0.2, 0.25) is 0 Å². The summed E-state index contributed by atoms with van der Waals surface area (Å²) in [6.07, 6.45) is 4.50. The standard InChI is InChI=1S/C20H25ClN6.HI/c1-2-22-20(24-13-11-15-9-10-18(21)25-14-15)23-12-5-8-19-26-16-6-3-4-7-17(16)27-19;/h3-4,6-7,9-10,14H,2,5,8,11-13H2,1H3,(H,26,27)(H2,22,23,24);1H. The minimum Gasteiger partial charge on any atom is -0.357 e. The third-order valence-electron chi connectivity index (χ3n) is 4.12. The summed E-state index contributed by atoms with van der Waals surface area (Å²) in [5.41, 5.74) is 3.25. The van der Waals surface area contributed by atoms with Gasteiger partial charge < -0.3 is 15.6 Å². The number of rotatable bonds is 8. The molecule has 3 aromatic rings. The Bertz CT molecular complexity index is 845. The fraction of sp³-hybridized carbons (Fsp3) is 0.350. The fourth-order valence-corrected chi connectivity index (χ4v) is 2.89. The second-order valence-corrected chi connectivity index (χ2v) is 6.62. The van der Waals surface area contributed by atoms with E-state index in [1.54, 1.807) is 6.20 Å². The van der Waals surface area contributed by atoms with Crippen molar-refractivity contribution in [2.24, 2.45) is 4.99 Å². The van der Waals surface area contributed by atoms with Crippen molar-refractivity contribution in [3.05, 3.63) is 59.1 Å². The van der Waals surface area contributed by atoms with Gasteiger partial charge in [0, 0.05) is 32.3 Å². The van der Waals surface area contributed by atoms with Crippen LogP contribution in [0.3, 0.4) is 0 Å². The quantitative estimate of drug-likeness (QED) is 0.140. The van der Waals surface area contributed by atoms with Gasteiger partial charge in [0.05, 0.1) is 11.0 Å². The van der Waals surface area contributed by atoms with E-state index in [1.807, 2.05) is 36.4 Å². The summed E-state index contributed by atoms with van der Waals surface area (Å²) in [6.45, 7) is 4.43. The smallest absolute Gasteiger partial charge is 0.191 e. The number of aliphatic imine (C=N–C) groups is 1. The lowest BCUT2D eigenvalue weighted by molar-refractivity contribution is 0.763. The highest BCUT2D eigenvalue weighted by atomic mass is 127. The van der Waals surface area contributed by atoms with Crippen molar-refractivity contribution in [2.45, 2.75) is 26.2 Å². The average molecular weight is 513 g/mol. The van der Waals surface area contributed by atoms with Gasteiger partial charge in [-0.25, -0.2) is 9.97 Å². The Balaban J connectivity index is 0.00000280. The van der Waals surface area contributed by atoms with E-state index in [0.29, 0.717) is 5.15 Å². The highest BCUT2D eigenvalue weighted by molar-refractivity contribution is 14.0. The molecule has 0 aliphatic carbocycles. The number of fused-ring (bicyclic) bond motifs is 1. The number of pyridine rings is 1. The largest absolute Gasteiger partial charge is 0.357 e. The van der Waals surface area contributed by atoms with Crippen LogP contribution in [-0.4, -0.2) is 40.5 Å². The molecule has 0 fully saturated rings. The van der Waals surface area contributed by atoms with Crippen molar-refractivity contribution in [3.63, 3.8) is 0 Å². The Hall–Kier alpha value is -1.87. The third-order valence-corrected chi connectivity index (χ3v) is 4.34. The number of para-hydroxylation sites is 2. The van der Waals surface area contributed by atoms with E-state index in [9.17, 15) is 0 Å². The summed E-state index contributed by atoms with van der Waals surface area (Å²) < 4.78 is 0. The van der Waals surface area contributed by atoms with E-state index in [2.05, 4.69) is 37.5 Å². The molecular formula is C20H26ClIN6. The Labute approximate surface area is 187 Å². The zero-order valence-electron chi connectivity index (χ0n) is 15.9. The molecule has 0 amide bonds. The summed E-state index contributed by atoms with van der Waals surface area (Å²) >= 11 is 5.81. The number of nitrogens with one attached hydrogen (secondary N) is 3. The molecule has 28 heavy (non-hydrogen) atoms. The van der Waals surface area contributed by atoms with Crippen molar-refractivity contribution < 1.29 is 0 Å². The van der Waals surface area contributed by atoms with Gasteiger partial charge in [0.15, 0.2) is 5.96 Å². The summed E-state index contributed by atoms with van der Waals surface area (Å²) in [5, 5.41) is 7.16. The Morgan fingerprint density at radius 3 is 2.75 bits per heavy atom. The van der Waals surface area contributed by atoms with Gasteiger partial charge in [-0.15, -0.1) is 24.0 Å². The molecule has 1 aromatic carbocycles. The number of halogens is 2. The van der Waals surface area contributed by atoms with Gasteiger partial charge in [0.1, 0.15) is 11.0 Å². The maximum Gasteiger partial charge on any atom is 0.191 e. The fourth-order valence-electron chi connectivity index (χ4n) is 2.78. The topological polar surface area (TPSA) is 78.0 Å². The number of aromatic nitrogens is 3. The zero-order valence-corrected chi connectivity index (χ0v) is 19.0. The second kappa shape index (κ2) is 11.9. The lowest BCUT2D eigenvalue weighted by atomic mass is 10.2. The number of guanidine groups is 1. The molecule has 0 radical (unpaired) electrons. The molecule has 2 heterocycles. The highest BCUT2D eigenvalue weighted by Crippen LogP contribution is 2.11. The first-order valence-electron chi connectivity index (χ1n) is 9.31. The van der Waals surface area contributed by atoms with E-state index in [-0.39, 0.29) is 24.0 Å². The number of aromatic amines is 1. The molecule has 0 spiro atoms. The maximum atomic E-state index is 5.81. The minimum absolute atomic E-state index is 0. The van der Waals surface area contributed by atoms with E-state index >= 15 is 0 Å². The lowest BCUT2D eigenvalue weighted by Crippen LogP contribution is -2.38. The predicted octanol–water partition coefficient (Wildman–Crippen LogP) is 3.96. The molecule has 8 heteroatoms. The molecule has 150 valence electrons. The Kier molecular flexibility index (Phi) is 9.49. The van der Waals surface area contributed by atoms with E-state index in [4.69, 9.17) is 11.6 Å². The molecule has 0 atom stereocenters. The number of imidazole rings is 1. The van der Waals surface area contributed by atoms with Crippen molar-refractivity contribution in [2.75, 3.05) is 19.6 Å². The maximum absolute atomic E-state index is 5.81. The van der Waals surface area contributed by atoms with Crippen LogP contribution in [0.4, 0.5) is 0 Å². The summed E-state index contributed by atoms with van der Waals surface area (Å²) in [4.78, 5) is 16.7. The number of hydrogen-bond donors (Lipinski definition) is 3. The van der Waals surface area contributed by atoms with E-state index < -0.39 is 0 Å². The minimum atomic E-state index is 0. The van der Waals surface area contributed by atoms with Gasteiger partial charge in [-0.05, 0) is 43.5 Å². The van der Waals surface area contributed by atoms with Crippen LogP contribution in [0.2, 0.25) is 5.15 Å². The normalized spacial score (nSPS) is 11.3. The van der Waals surface area contributed by atoms with Gasteiger partial charge in [0.25, 0.3) is 0 Å². The van der Waals surface area contributed by atoms with Crippen LogP contribution in [0.5, 0.6) is 0 Å². The molecule has 0 unspecified atom stereocenters. The van der Waals surface area contributed by atoms with Crippen molar-refractivity contribution in [1.82, 2.24) is 25.6 Å². The van der Waals surface area contributed by atoms with Crippen LogP contribution >= 0.6 is 35.6 Å². The Morgan fingerprint density at radius 2 is 2.00 bits per heavy atom. The molecule has 3 N–H and O–H groups in total. The number of nitrogens with zero attached hydrogens (tertiary/aromatic N) is 3. The summed E-state index contributed by atoms with van der Waals surface area (Å²) in [7, 11) is 0. The molecule has 0 saturated heterocycles. The van der Waals surface area contributed by atoms with Crippen LogP contribution in [0, 0.1) is 0 Å². The van der Waals surface area contributed by atoms with E-state index in [1.165, 1.54) is 0 Å². The first-order chi connectivity index (χ1) is 13.2. The monoisotopic (exact) mass is 512 g/mol. The molecule has 6 nitrogen and oxygen atoms in total. The molecular weight excluding hydrogens is 487 g/mol. The zero-order chi connectivity index (χ0) is 18.9. The van der Waals surface area contributed by atoms with Crippen LogP contribution in [0.1, 0.15) is 24.7 Å². The lowest BCUT2D eigenvalue weighted by Gasteiger charge is -2.11. The highest BCUT2D eigenvalue weighted by Gasteiger charge is 2.02. The second-order valence-electron chi connectivity index (χ2n) is 6.23. The van der Waals surface area contributed by atoms with Gasteiger partial charge in [-0.2, -0.15) is 0 Å². The average Bonchev–Trinajstić information content (AvgIpc) is 3.09. The molecule has 0 bridgehead atoms. The summed E-state index contributed by atoms with van der Waals surface area (Å²) in [6, 6.07) is 11.9. The number of hydrogen-bond acceptors (Lipinski definition) is 3. The van der Waals surface area contributed by atoms with E-state index in [0.717, 1.165) is 67.3 Å². The Morgan fingerprint density at radius 1 is 1.14 bits per heavy atom. The van der Waals surface area contributed by atoms with Crippen molar-refractivity contribution >= 4 is 52.6 Å². The molecule has 0 saturated carbocycles. The molecule has 0 aliphatic heterocycles. The van der Waals surface area contributed by atoms with Gasteiger partial charge in [-0.3, -0.25) is 4.99 Å². The first-order valence-corrected chi connectivity index (χ1v) is 9.68. The predicted molar refractivity (Wildman–Crippen MR) is 127 cm³/mol. The number of H-pyrrole nitrogens is 1. The van der Waals surface area contributed by atoms with Crippen molar-refractivity contribution in [1.29, 1.82) is 0 Å². The van der Waals surface area contributed by atoms with Crippen LogP contribution in [0.15, 0.2) is 47.6 Å². The third kappa shape index (κ3) is 6.94. The SMILES string of the molecule is CCNC(=NCCCc1nc2ccccc2[nH]1)NCCc1ccc(Cl)nc1.I. The van der Waals surface area contributed by atoms with Crippen LogP contribution < -0.4 is 10.6 Å². The first kappa shape index (κ1) is 22.4. The molecule has 0 aliphatic rings. The molecule has 2 aromatic heterocycles. The van der Waals surface area contributed by atoms with Crippen LogP contribution in [0.25, 0.3) is 11.0 Å². The summed E-state index contributed by atoms with van der Waals surface area (Å²) in [5.74, 6) is 1.85. The number of benzene rings is 1. The van der Waals surface area contributed by atoms with Crippen molar-refractivity contribution in [3.8, 4) is 0 Å². The number of aryl methyl sites for hydroxylation is 1. The van der Waals surface area contributed by atoms with Gasteiger partial charge in [-0.1, -0.05) is 29.8 Å².